The molecule has 4 rings (SSSR count). The van der Waals surface area contributed by atoms with Crippen molar-refractivity contribution in [2.45, 2.75) is 76.4 Å². The Balaban J connectivity index is 1.36. The van der Waals surface area contributed by atoms with Gasteiger partial charge in [0.15, 0.2) is 5.37 Å². The number of carbonyl (C=O) groups excluding carboxylic acids is 3. The van der Waals surface area contributed by atoms with E-state index in [-0.39, 0.29) is 11.8 Å². The molecule has 8 nitrogen and oxygen atoms in total. The molecule has 0 spiro atoms. The van der Waals surface area contributed by atoms with Crippen molar-refractivity contribution in [2.75, 3.05) is 50.0 Å². The molecular weight excluding hydrogens is 544 g/mol. The summed E-state index contributed by atoms with van der Waals surface area (Å²) < 4.78 is 5.54. The highest BCUT2D eigenvalue weighted by atomic mass is 32.2. The standard InChI is InChI=1S/C30H46N4O4S2/c1-30(2,3)38-29(37)34-18-19-40-28(34)26(35)31-25(22-39-21-24-12-8-5-9-13-24)27(36)33-16-14-32(15-17-33)20-23-10-6-4-7-11-23/h4,6-7,10-11,24-25,28H,5,8-9,12-22H2,1-3H3,(H,31,35). The maximum Gasteiger partial charge on any atom is 0.411 e. The van der Waals surface area contributed by atoms with Gasteiger partial charge in [-0.15, -0.1) is 11.8 Å². The molecule has 1 N–H and O–H groups in total. The van der Waals surface area contributed by atoms with Crippen molar-refractivity contribution in [2.24, 2.45) is 5.92 Å². The molecule has 1 saturated carbocycles. The number of carbonyl (C=O) groups is 3. The number of rotatable bonds is 9. The van der Waals surface area contributed by atoms with E-state index >= 15 is 0 Å². The Kier molecular flexibility index (Phi) is 11.5. The molecule has 3 amide bonds. The SMILES string of the molecule is CC(C)(C)OC(=O)N1CCSC1C(=O)NC(CSCC1CCCCC1)C(=O)N1CCN(Cc2ccccc2)CC1. The van der Waals surface area contributed by atoms with Gasteiger partial charge in [-0.05, 0) is 50.8 Å². The maximum atomic E-state index is 13.8. The molecule has 1 aliphatic carbocycles. The first-order chi connectivity index (χ1) is 19.2. The quantitative estimate of drug-likeness (QED) is 0.456. The molecule has 40 heavy (non-hydrogen) atoms. The van der Waals surface area contributed by atoms with E-state index in [2.05, 4.69) is 34.5 Å². The normalized spacial score (nSPS) is 21.7. The van der Waals surface area contributed by atoms with Gasteiger partial charge in [-0.2, -0.15) is 11.8 Å². The summed E-state index contributed by atoms with van der Waals surface area (Å²) in [6.07, 6.45) is 5.92. The maximum absolute atomic E-state index is 13.8. The first-order valence-electron chi connectivity index (χ1n) is 14.7. The Morgan fingerprint density at radius 2 is 1.73 bits per heavy atom. The Morgan fingerprint density at radius 1 is 1.02 bits per heavy atom. The summed E-state index contributed by atoms with van der Waals surface area (Å²) in [4.78, 5) is 45.8. The lowest BCUT2D eigenvalue weighted by Crippen LogP contribution is -2.57. The third kappa shape index (κ3) is 9.31. The van der Waals surface area contributed by atoms with Crippen LogP contribution in [0.1, 0.15) is 58.4 Å². The number of nitrogens with zero attached hydrogens (tertiary/aromatic N) is 3. The van der Waals surface area contributed by atoms with Crippen molar-refractivity contribution in [3.05, 3.63) is 35.9 Å². The van der Waals surface area contributed by atoms with Gasteiger partial charge < -0.3 is 15.0 Å². The van der Waals surface area contributed by atoms with Crippen LogP contribution in [-0.2, 0) is 20.9 Å². The Bertz CT molecular complexity index is 976. The van der Waals surface area contributed by atoms with E-state index in [1.807, 2.05) is 31.7 Å². The van der Waals surface area contributed by atoms with E-state index < -0.39 is 23.1 Å². The Hall–Kier alpha value is -1.91. The van der Waals surface area contributed by atoms with Crippen molar-refractivity contribution in [3.8, 4) is 0 Å². The van der Waals surface area contributed by atoms with Gasteiger partial charge in [-0.25, -0.2) is 4.79 Å². The van der Waals surface area contributed by atoms with Crippen LogP contribution >= 0.6 is 23.5 Å². The van der Waals surface area contributed by atoms with E-state index in [0.29, 0.717) is 37.1 Å². The lowest BCUT2D eigenvalue weighted by molar-refractivity contribution is -0.137. The number of nitrogens with one attached hydrogen (secondary N) is 1. The number of benzene rings is 1. The second kappa shape index (κ2) is 14.8. The second-order valence-corrected chi connectivity index (χ2v) is 14.3. The van der Waals surface area contributed by atoms with Crippen LogP contribution in [0.5, 0.6) is 0 Å². The molecule has 0 radical (unpaired) electrons. The van der Waals surface area contributed by atoms with Crippen LogP contribution < -0.4 is 5.32 Å². The summed E-state index contributed by atoms with van der Waals surface area (Å²) in [5, 5.41) is 2.37. The van der Waals surface area contributed by atoms with Crippen LogP contribution in [0.3, 0.4) is 0 Å². The minimum atomic E-state index is -0.684. The fraction of sp³-hybridized carbons (Fsp3) is 0.700. The average molecular weight is 591 g/mol. The number of ether oxygens (including phenoxy) is 1. The van der Waals surface area contributed by atoms with Crippen LogP contribution in [0.4, 0.5) is 4.79 Å². The first kappa shape index (κ1) is 31.0. The van der Waals surface area contributed by atoms with Gasteiger partial charge in [0, 0.05) is 50.8 Å². The van der Waals surface area contributed by atoms with E-state index in [4.69, 9.17) is 4.74 Å². The molecular formula is C30H46N4O4S2. The monoisotopic (exact) mass is 590 g/mol. The molecule has 3 fully saturated rings. The van der Waals surface area contributed by atoms with Crippen LogP contribution in [-0.4, -0.2) is 99.6 Å². The summed E-state index contributed by atoms with van der Waals surface area (Å²) in [7, 11) is 0. The largest absolute Gasteiger partial charge is 0.444 e. The molecule has 2 heterocycles. The minimum Gasteiger partial charge on any atom is -0.444 e. The summed E-state index contributed by atoms with van der Waals surface area (Å²) in [6, 6.07) is 9.79. The molecule has 2 unspecified atom stereocenters. The van der Waals surface area contributed by atoms with Crippen LogP contribution in [0, 0.1) is 5.92 Å². The fourth-order valence-corrected chi connectivity index (χ4v) is 7.89. The average Bonchev–Trinajstić information content (AvgIpc) is 3.44. The van der Waals surface area contributed by atoms with E-state index in [9.17, 15) is 14.4 Å². The fourth-order valence-electron chi connectivity index (χ4n) is 5.51. The van der Waals surface area contributed by atoms with Gasteiger partial charge in [-0.1, -0.05) is 49.6 Å². The Morgan fingerprint density at radius 3 is 2.40 bits per heavy atom. The third-order valence-corrected chi connectivity index (χ3v) is 10.1. The lowest BCUT2D eigenvalue weighted by Gasteiger charge is -2.37. The van der Waals surface area contributed by atoms with Gasteiger partial charge in [0.1, 0.15) is 11.6 Å². The predicted octanol–water partition coefficient (Wildman–Crippen LogP) is 4.44. The van der Waals surface area contributed by atoms with Crippen molar-refractivity contribution < 1.29 is 19.1 Å². The van der Waals surface area contributed by atoms with Crippen molar-refractivity contribution in [1.82, 2.24) is 20.0 Å². The number of thioether (sulfide) groups is 2. The molecule has 2 atom stereocenters. The van der Waals surface area contributed by atoms with E-state index in [1.165, 1.54) is 54.3 Å². The van der Waals surface area contributed by atoms with Gasteiger partial charge in [0.05, 0.1) is 0 Å². The molecule has 2 saturated heterocycles. The van der Waals surface area contributed by atoms with Gasteiger partial charge in [-0.3, -0.25) is 19.4 Å². The number of amides is 3. The summed E-state index contributed by atoms with van der Waals surface area (Å²) >= 11 is 3.20. The highest BCUT2D eigenvalue weighted by Crippen LogP contribution is 2.28. The van der Waals surface area contributed by atoms with Crippen molar-refractivity contribution >= 4 is 41.4 Å². The zero-order valence-corrected chi connectivity index (χ0v) is 25.9. The topological polar surface area (TPSA) is 82.2 Å². The zero-order valence-electron chi connectivity index (χ0n) is 24.3. The second-order valence-electron chi connectivity index (χ2n) is 12.1. The van der Waals surface area contributed by atoms with Gasteiger partial charge >= 0.3 is 6.09 Å². The van der Waals surface area contributed by atoms with Gasteiger partial charge in [0.25, 0.3) is 5.91 Å². The predicted molar refractivity (Wildman–Crippen MR) is 163 cm³/mol. The van der Waals surface area contributed by atoms with Crippen LogP contribution in [0.25, 0.3) is 0 Å². The molecule has 1 aromatic carbocycles. The zero-order chi connectivity index (χ0) is 28.5. The van der Waals surface area contributed by atoms with Crippen molar-refractivity contribution in [1.29, 1.82) is 0 Å². The number of hydrogen-bond donors (Lipinski definition) is 1. The van der Waals surface area contributed by atoms with Gasteiger partial charge in [0.2, 0.25) is 5.91 Å². The molecule has 0 bridgehead atoms. The van der Waals surface area contributed by atoms with E-state index in [1.54, 1.807) is 11.8 Å². The van der Waals surface area contributed by atoms with Crippen LogP contribution in [0.15, 0.2) is 30.3 Å². The molecule has 2 aliphatic heterocycles. The highest BCUT2D eigenvalue weighted by Gasteiger charge is 2.39. The smallest absolute Gasteiger partial charge is 0.411 e. The number of hydrogen-bond acceptors (Lipinski definition) is 7. The molecule has 10 heteroatoms. The number of piperazine rings is 1. The first-order valence-corrected chi connectivity index (χ1v) is 16.9. The van der Waals surface area contributed by atoms with Crippen molar-refractivity contribution in [3.63, 3.8) is 0 Å². The summed E-state index contributed by atoms with van der Waals surface area (Å²) in [5.41, 5.74) is 0.637. The molecule has 222 valence electrons. The molecule has 1 aromatic rings. The molecule has 3 aliphatic rings. The highest BCUT2D eigenvalue weighted by molar-refractivity contribution is 8.00. The molecule has 0 aromatic heterocycles. The summed E-state index contributed by atoms with van der Waals surface area (Å²) in [6.45, 7) is 9.70. The Labute approximate surface area is 248 Å². The van der Waals surface area contributed by atoms with Crippen LogP contribution in [0.2, 0.25) is 0 Å². The third-order valence-electron chi connectivity index (χ3n) is 7.65. The van der Waals surface area contributed by atoms with E-state index in [0.717, 1.165) is 25.4 Å². The minimum absolute atomic E-state index is 0.0179. The summed E-state index contributed by atoms with van der Waals surface area (Å²) in [5.74, 6) is 2.63. The lowest BCUT2D eigenvalue weighted by atomic mass is 9.91.